The highest BCUT2D eigenvalue weighted by Crippen LogP contribution is 2.12. The van der Waals surface area contributed by atoms with Crippen molar-refractivity contribution in [3.63, 3.8) is 0 Å². The Hall–Kier alpha value is -2.17. The van der Waals surface area contributed by atoms with Crippen molar-refractivity contribution in [2.24, 2.45) is 5.92 Å². The van der Waals surface area contributed by atoms with Crippen molar-refractivity contribution in [2.75, 3.05) is 17.2 Å². The molecule has 118 valence electrons. The van der Waals surface area contributed by atoms with E-state index in [9.17, 15) is 4.39 Å². The third kappa shape index (κ3) is 5.31. The summed E-state index contributed by atoms with van der Waals surface area (Å²) in [5.74, 6) is 1.84. The molecule has 0 spiro atoms. The van der Waals surface area contributed by atoms with Crippen LogP contribution in [0.5, 0.6) is 0 Å². The summed E-state index contributed by atoms with van der Waals surface area (Å²) >= 11 is 0. The zero-order chi connectivity index (χ0) is 15.9. The molecule has 1 aromatic carbocycles. The summed E-state index contributed by atoms with van der Waals surface area (Å²) in [7, 11) is 0. The van der Waals surface area contributed by atoms with E-state index in [2.05, 4.69) is 34.4 Å². The summed E-state index contributed by atoms with van der Waals surface area (Å²) in [5, 5.41) is 6.50. The summed E-state index contributed by atoms with van der Waals surface area (Å²) < 4.78 is 12.9. The van der Waals surface area contributed by atoms with Gasteiger partial charge in [0.25, 0.3) is 0 Å². The number of aromatic nitrogens is 2. The van der Waals surface area contributed by atoms with Gasteiger partial charge in [-0.05, 0) is 37.0 Å². The third-order valence-corrected chi connectivity index (χ3v) is 3.25. The van der Waals surface area contributed by atoms with Gasteiger partial charge in [-0.15, -0.1) is 0 Å². The van der Waals surface area contributed by atoms with E-state index in [1.165, 1.54) is 12.1 Å². The molecule has 0 aliphatic rings. The number of nitrogens with zero attached hydrogens (tertiary/aromatic N) is 2. The van der Waals surface area contributed by atoms with Gasteiger partial charge in [0.15, 0.2) is 0 Å². The van der Waals surface area contributed by atoms with Gasteiger partial charge in [-0.3, -0.25) is 0 Å². The van der Waals surface area contributed by atoms with Crippen LogP contribution in [-0.2, 0) is 6.54 Å². The summed E-state index contributed by atoms with van der Waals surface area (Å²) in [5.41, 5.74) is 1.89. The standard InChI is InChI=1S/C17H23FN4/c1-12(2)8-9-19-16-10-13(3)21-17(22-16)20-11-14-4-6-15(18)7-5-14/h4-7,10,12H,8-9,11H2,1-3H3,(H2,19,20,21,22). The zero-order valence-electron chi connectivity index (χ0n) is 13.4. The van der Waals surface area contributed by atoms with Crippen LogP contribution in [0.3, 0.4) is 0 Å². The first-order valence-electron chi connectivity index (χ1n) is 7.61. The van der Waals surface area contributed by atoms with Gasteiger partial charge in [0.05, 0.1) is 0 Å². The van der Waals surface area contributed by atoms with E-state index in [-0.39, 0.29) is 5.82 Å². The molecule has 0 saturated heterocycles. The maximum absolute atomic E-state index is 12.9. The second-order valence-corrected chi connectivity index (χ2v) is 5.81. The highest BCUT2D eigenvalue weighted by Gasteiger charge is 2.03. The first kappa shape index (κ1) is 16.2. The van der Waals surface area contributed by atoms with Crippen LogP contribution in [0.1, 0.15) is 31.5 Å². The highest BCUT2D eigenvalue weighted by molar-refractivity contribution is 5.42. The van der Waals surface area contributed by atoms with Crippen molar-refractivity contribution in [2.45, 2.75) is 33.7 Å². The van der Waals surface area contributed by atoms with Gasteiger partial charge in [-0.1, -0.05) is 26.0 Å². The average Bonchev–Trinajstić information content (AvgIpc) is 2.46. The number of anilines is 2. The van der Waals surface area contributed by atoms with Crippen LogP contribution in [0.15, 0.2) is 30.3 Å². The number of hydrogen-bond acceptors (Lipinski definition) is 4. The fraction of sp³-hybridized carbons (Fsp3) is 0.412. The quantitative estimate of drug-likeness (QED) is 0.812. The molecule has 4 nitrogen and oxygen atoms in total. The smallest absolute Gasteiger partial charge is 0.225 e. The van der Waals surface area contributed by atoms with E-state index in [1.807, 2.05) is 13.0 Å². The second kappa shape index (κ2) is 7.73. The Morgan fingerprint density at radius 2 is 1.82 bits per heavy atom. The van der Waals surface area contributed by atoms with E-state index in [0.717, 1.165) is 30.0 Å². The highest BCUT2D eigenvalue weighted by atomic mass is 19.1. The summed E-state index contributed by atoms with van der Waals surface area (Å²) in [6, 6.07) is 8.34. The Bertz CT molecular complexity index is 596. The monoisotopic (exact) mass is 302 g/mol. The van der Waals surface area contributed by atoms with Crippen molar-refractivity contribution in [3.05, 3.63) is 47.4 Å². The molecule has 0 atom stereocenters. The fourth-order valence-corrected chi connectivity index (χ4v) is 2.01. The van der Waals surface area contributed by atoms with Crippen LogP contribution in [0, 0.1) is 18.7 Å². The van der Waals surface area contributed by atoms with E-state index in [4.69, 9.17) is 0 Å². The van der Waals surface area contributed by atoms with E-state index in [1.54, 1.807) is 12.1 Å². The first-order valence-corrected chi connectivity index (χ1v) is 7.61. The molecule has 0 fully saturated rings. The van der Waals surface area contributed by atoms with E-state index in [0.29, 0.717) is 18.4 Å². The number of rotatable bonds is 7. The van der Waals surface area contributed by atoms with E-state index < -0.39 is 0 Å². The molecule has 0 amide bonds. The lowest BCUT2D eigenvalue weighted by Gasteiger charge is -2.11. The Labute approximate surface area is 131 Å². The minimum atomic E-state index is -0.229. The Morgan fingerprint density at radius 1 is 1.09 bits per heavy atom. The van der Waals surface area contributed by atoms with Crippen molar-refractivity contribution < 1.29 is 4.39 Å². The molecule has 0 aliphatic carbocycles. The normalized spacial score (nSPS) is 10.8. The molecule has 22 heavy (non-hydrogen) atoms. The van der Waals surface area contributed by atoms with Crippen molar-refractivity contribution >= 4 is 11.8 Å². The van der Waals surface area contributed by atoms with Gasteiger partial charge >= 0.3 is 0 Å². The summed E-state index contributed by atoms with van der Waals surface area (Å²) in [4.78, 5) is 8.83. The van der Waals surface area contributed by atoms with Crippen molar-refractivity contribution in [1.29, 1.82) is 0 Å². The topological polar surface area (TPSA) is 49.8 Å². The molecule has 0 radical (unpaired) electrons. The predicted molar refractivity (Wildman–Crippen MR) is 88.4 cm³/mol. The SMILES string of the molecule is Cc1cc(NCCC(C)C)nc(NCc2ccc(F)cc2)n1. The molecule has 2 rings (SSSR count). The largest absolute Gasteiger partial charge is 0.370 e. The molecule has 0 unspecified atom stereocenters. The van der Waals surface area contributed by atoms with Gasteiger partial charge in [0, 0.05) is 24.8 Å². The number of hydrogen-bond donors (Lipinski definition) is 2. The summed E-state index contributed by atoms with van der Waals surface area (Å²) in [6.45, 7) is 7.80. The van der Waals surface area contributed by atoms with Crippen molar-refractivity contribution in [1.82, 2.24) is 9.97 Å². The third-order valence-electron chi connectivity index (χ3n) is 3.25. The number of nitrogens with one attached hydrogen (secondary N) is 2. The van der Waals surface area contributed by atoms with Gasteiger partial charge in [-0.2, -0.15) is 4.98 Å². The molecule has 0 bridgehead atoms. The number of benzene rings is 1. The Balaban J connectivity index is 1.95. The lowest BCUT2D eigenvalue weighted by Crippen LogP contribution is -2.10. The average molecular weight is 302 g/mol. The number of halogens is 1. The molecular formula is C17H23FN4. The van der Waals surface area contributed by atoms with Gasteiger partial charge in [0.1, 0.15) is 11.6 Å². The van der Waals surface area contributed by atoms with Crippen LogP contribution in [0.4, 0.5) is 16.2 Å². The Morgan fingerprint density at radius 3 is 2.50 bits per heavy atom. The maximum Gasteiger partial charge on any atom is 0.225 e. The minimum absolute atomic E-state index is 0.229. The fourth-order valence-electron chi connectivity index (χ4n) is 2.01. The Kier molecular flexibility index (Phi) is 5.69. The van der Waals surface area contributed by atoms with Gasteiger partial charge < -0.3 is 10.6 Å². The van der Waals surface area contributed by atoms with Crippen LogP contribution < -0.4 is 10.6 Å². The predicted octanol–water partition coefficient (Wildman–Crippen LogP) is 3.99. The molecule has 5 heteroatoms. The first-order chi connectivity index (χ1) is 10.5. The lowest BCUT2D eigenvalue weighted by atomic mass is 10.1. The minimum Gasteiger partial charge on any atom is -0.370 e. The van der Waals surface area contributed by atoms with Crippen molar-refractivity contribution in [3.8, 4) is 0 Å². The summed E-state index contributed by atoms with van der Waals surface area (Å²) in [6.07, 6.45) is 1.10. The maximum atomic E-state index is 12.9. The molecule has 1 aromatic heterocycles. The van der Waals surface area contributed by atoms with Crippen LogP contribution in [0.25, 0.3) is 0 Å². The molecule has 2 N–H and O–H groups in total. The van der Waals surface area contributed by atoms with Crippen LogP contribution >= 0.6 is 0 Å². The van der Waals surface area contributed by atoms with Crippen LogP contribution in [-0.4, -0.2) is 16.5 Å². The van der Waals surface area contributed by atoms with Gasteiger partial charge in [0.2, 0.25) is 5.95 Å². The van der Waals surface area contributed by atoms with E-state index >= 15 is 0 Å². The number of aryl methyl sites for hydroxylation is 1. The van der Waals surface area contributed by atoms with Gasteiger partial charge in [-0.25, -0.2) is 9.37 Å². The second-order valence-electron chi connectivity index (χ2n) is 5.81. The zero-order valence-corrected chi connectivity index (χ0v) is 13.4. The molecule has 0 saturated carbocycles. The molecule has 0 aliphatic heterocycles. The molecule has 1 heterocycles. The lowest BCUT2D eigenvalue weighted by molar-refractivity contribution is 0.606. The molecule has 2 aromatic rings. The van der Waals surface area contributed by atoms with Crippen LogP contribution in [0.2, 0.25) is 0 Å². The molecular weight excluding hydrogens is 279 g/mol.